The molecule has 1 saturated heterocycles. The first-order valence-electron chi connectivity index (χ1n) is 11.3. The third-order valence-electron chi connectivity index (χ3n) is 6.69. The fourth-order valence-electron chi connectivity index (χ4n) is 4.63. The molecule has 35 heavy (non-hydrogen) atoms. The average Bonchev–Trinajstić information content (AvgIpc) is 3.16. The Hall–Kier alpha value is -3.88. The molecule has 0 bridgehead atoms. The predicted molar refractivity (Wildman–Crippen MR) is 126 cm³/mol. The molecule has 1 amide bonds. The first kappa shape index (κ1) is 22.9. The molecule has 2 aromatic carbocycles. The molecule has 0 unspecified atom stereocenters. The van der Waals surface area contributed by atoms with Crippen molar-refractivity contribution in [3.8, 4) is 11.1 Å². The van der Waals surface area contributed by atoms with Gasteiger partial charge in [0.25, 0.3) is 5.91 Å². The summed E-state index contributed by atoms with van der Waals surface area (Å²) in [6.45, 7) is 1.07. The van der Waals surface area contributed by atoms with E-state index in [1.54, 1.807) is 36.3 Å². The van der Waals surface area contributed by atoms with Gasteiger partial charge in [-0.3, -0.25) is 14.3 Å². The molecular formula is C26H23F3N4O2. The largest absolute Gasteiger partial charge is 0.416 e. The molecule has 3 heterocycles. The normalized spacial score (nSPS) is 15.0. The van der Waals surface area contributed by atoms with E-state index in [1.165, 1.54) is 4.57 Å². The molecule has 4 aromatic rings. The van der Waals surface area contributed by atoms with E-state index < -0.39 is 11.7 Å². The number of likely N-dealkylation sites (tertiary alicyclic amines) is 1. The maximum atomic E-state index is 13.2. The van der Waals surface area contributed by atoms with Crippen LogP contribution in [0.4, 0.5) is 13.2 Å². The SMILES string of the molecule is Cn1c(=O)[nH]c2ncc(-c3cccc(C(=O)N4CCC(c5ccc(C(F)(F)F)cc5)CC4)c3)cc21. The topological polar surface area (TPSA) is 71.0 Å². The van der Waals surface area contributed by atoms with E-state index in [9.17, 15) is 22.8 Å². The van der Waals surface area contributed by atoms with Crippen LogP contribution in [0.25, 0.3) is 22.3 Å². The van der Waals surface area contributed by atoms with Crippen molar-refractivity contribution in [3.05, 3.63) is 88.0 Å². The number of H-pyrrole nitrogens is 1. The minimum atomic E-state index is -4.34. The van der Waals surface area contributed by atoms with E-state index in [1.807, 2.05) is 24.3 Å². The molecule has 1 aliphatic heterocycles. The van der Waals surface area contributed by atoms with Gasteiger partial charge in [0.05, 0.1) is 11.1 Å². The summed E-state index contributed by atoms with van der Waals surface area (Å²) in [7, 11) is 1.67. The summed E-state index contributed by atoms with van der Waals surface area (Å²) in [6, 6.07) is 14.5. The Morgan fingerprint density at radius 1 is 1.03 bits per heavy atom. The Morgan fingerprint density at radius 3 is 2.43 bits per heavy atom. The van der Waals surface area contributed by atoms with Crippen LogP contribution in [-0.4, -0.2) is 38.4 Å². The lowest BCUT2D eigenvalue weighted by atomic mass is 9.88. The second-order valence-corrected chi connectivity index (χ2v) is 8.85. The van der Waals surface area contributed by atoms with E-state index in [0.717, 1.165) is 28.8 Å². The fraction of sp³-hybridized carbons (Fsp3) is 0.269. The zero-order valence-electron chi connectivity index (χ0n) is 19.0. The van der Waals surface area contributed by atoms with Crippen LogP contribution >= 0.6 is 0 Å². The smallest absolute Gasteiger partial charge is 0.339 e. The second-order valence-electron chi connectivity index (χ2n) is 8.85. The Balaban J connectivity index is 1.29. The Bertz CT molecular complexity index is 1450. The molecule has 9 heteroatoms. The van der Waals surface area contributed by atoms with Crippen molar-refractivity contribution < 1.29 is 18.0 Å². The van der Waals surface area contributed by atoms with E-state index >= 15 is 0 Å². The number of aromatic nitrogens is 3. The number of piperidine rings is 1. The summed E-state index contributed by atoms with van der Waals surface area (Å²) in [5, 5.41) is 0. The van der Waals surface area contributed by atoms with Crippen molar-refractivity contribution >= 4 is 17.1 Å². The lowest BCUT2D eigenvalue weighted by molar-refractivity contribution is -0.137. The van der Waals surface area contributed by atoms with Crippen LogP contribution in [0, 0.1) is 0 Å². The van der Waals surface area contributed by atoms with Crippen molar-refractivity contribution in [3.63, 3.8) is 0 Å². The fourth-order valence-corrected chi connectivity index (χ4v) is 4.63. The number of rotatable bonds is 3. The number of aryl methyl sites for hydroxylation is 1. The van der Waals surface area contributed by atoms with E-state index in [4.69, 9.17) is 0 Å². The first-order chi connectivity index (χ1) is 16.7. The van der Waals surface area contributed by atoms with Crippen LogP contribution < -0.4 is 5.69 Å². The van der Waals surface area contributed by atoms with Crippen LogP contribution in [0.1, 0.15) is 40.2 Å². The lowest BCUT2D eigenvalue weighted by Crippen LogP contribution is -2.37. The summed E-state index contributed by atoms with van der Waals surface area (Å²) in [5.74, 6) is 0.0410. The molecule has 1 N–H and O–H groups in total. The van der Waals surface area contributed by atoms with Crippen LogP contribution in [0.15, 0.2) is 65.6 Å². The number of carbonyl (C=O) groups is 1. The minimum absolute atomic E-state index is 0.0826. The number of aromatic amines is 1. The number of hydrogen-bond donors (Lipinski definition) is 1. The van der Waals surface area contributed by atoms with E-state index in [0.29, 0.717) is 42.7 Å². The number of carbonyl (C=O) groups excluding carboxylic acids is 1. The molecule has 6 nitrogen and oxygen atoms in total. The number of benzene rings is 2. The van der Waals surface area contributed by atoms with Gasteiger partial charge in [0, 0.05) is 37.5 Å². The zero-order chi connectivity index (χ0) is 24.7. The van der Waals surface area contributed by atoms with Gasteiger partial charge in [0.2, 0.25) is 0 Å². The summed E-state index contributed by atoms with van der Waals surface area (Å²) in [4.78, 5) is 33.8. The molecule has 5 rings (SSSR count). The van der Waals surface area contributed by atoms with Crippen molar-refractivity contribution in [2.75, 3.05) is 13.1 Å². The third-order valence-corrected chi connectivity index (χ3v) is 6.69. The molecule has 2 aromatic heterocycles. The molecule has 0 radical (unpaired) electrons. The maximum Gasteiger partial charge on any atom is 0.416 e. The molecule has 1 aliphatic rings. The zero-order valence-corrected chi connectivity index (χ0v) is 19.0. The Kier molecular flexibility index (Phi) is 5.70. The van der Waals surface area contributed by atoms with Crippen molar-refractivity contribution in [2.24, 2.45) is 7.05 Å². The first-order valence-corrected chi connectivity index (χ1v) is 11.3. The highest BCUT2D eigenvalue weighted by Crippen LogP contribution is 2.33. The predicted octanol–water partition coefficient (Wildman–Crippen LogP) is 4.97. The maximum absolute atomic E-state index is 13.2. The van der Waals surface area contributed by atoms with Gasteiger partial charge < -0.3 is 4.90 Å². The quantitative estimate of drug-likeness (QED) is 0.450. The Labute approximate surface area is 199 Å². The van der Waals surface area contributed by atoms with Crippen LogP contribution in [0.5, 0.6) is 0 Å². The highest BCUT2D eigenvalue weighted by molar-refractivity contribution is 5.95. The lowest BCUT2D eigenvalue weighted by Gasteiger charge is -2.32. The molecule has 0 saturated carbocycles. The van der Waals surface area contributed by atoms with Gasteiger partial charge in [-0.15, -0.1) is 0 Å². The molecule has 0 aliphatic carbocycles. The molecule has 180 valence electrons. The highest BCUT2D eigenvalue weighted by Gasteiger charge is 2.31. The number of alkyl halides is 3. The Morgan fingerprint density at radius 2 is 1.74 bits per heavy atom. The van der Waals surface area contributed by atoms with Crippen molar-refractivity contribution in [1.29, 1.82) is 0 Å². The molecular weight excluding hydrogens is 457 g/mol. The van der Waals surface area contributed by atoms with Crippen LogP contribution in [-0.2, 0) is 13.2 Å². The average molecular weight is 480 g/mol. The number of nitrogens with zero attached hydrogens (tertiary/aromatic N) is 3. The molecule has 1 fully saturated rings. The summed E-state index contributed by atoms with van der Waals surface area (Å²) in [5.41, 5.74) is 3.32. The molecule has 0 atom stereocenters. The third kappa shape index (κ3) is 4.45. The summed E-state index contributed by atoms with van der Waals surface area (Å²) in [6.07, 6.45) is -1.29. The number of amides is 1. The van der Waals surface area contributed by atoms with Gasteiger partial charge in [-0.25, -0.2) is 9.78 Å². The van der Waals surface area contributed by atoms with Crippen LogP contribution in [0.3, 0.4) is 0 Å². The van der Waals surface area contributed by atoms with Crippen LogP contribution in [0.2, 0.25) is 0 Å². The number of hydrogen-bond acceptors (Lipinski definition) is 3. The number of nitrogens with one attached hydrogen (secondary N) is 1. The van der Waals surface area contributed by atoms with Crippen molar-refractivity contribution in [1.82, 2.24) is 19.4 Å². The number of fused-ring (bicyclic) bond motifs is 1. The monoisotopic (exact) mass is 480 g/mol. The van der Waals surface area contributed by atoms with E-state index in [2.05, 4.69) is 9.97 Å². The second kappa shape index (κ2) is 8.72. The van der Waals surface area contributed by atoms with Gasteiger partial charge in [0.15, 0.2) is 5.65 Å². The van der Waals surface area contributed by atoms with E-state index in [-0.39, 0.29) is 17.5 Å². The summed E-state index contributed by atoms with van der Waals surface area (Å²) < 4.78 is 40.0. The number of halogens is 3. The van der Waals surface area contributed by atoms with Gasteiger partial charge in [0.1, 0.15) is 0 Å². The summed E-state index contributed by atoms with van der Waals surface area (Å²) >= 11 is 0. The number of pyridine rings is 1. The van der Waals surface area contributed by atoms with Gasteiger partial charge >= 0.3 is 11.9 Å². The van der Waals surface area contributed by atoms with Gasteiger partial charge in [-0.2, -0.15) is 13.2 Å². The number of imidazole rings is 1. The standard InChI is InChI=1S/C26H23F3N4O2/c1-32-22-14-20(15-30-23(22)31-25(32)35)18-3-2-4-19(13-18)24(34)33-11-9-17(10-12-33)16-5-7-21(8-6-16)26(27,28)29/h2-8,13-15,17H,9-12H2,1H3,(H,30,31,35). The molecule has 0 spiro atoms. The van der Waals surface area contributed by atoms with Crippen molar-refractivity contribution in [2.45, 2.75) is 24.9 Å². The van der Waals surface area contributed by atoms with Gasteiger partial charge in [-0.05, 0) is 60.2 Å². The van der Waals surface area contributed by atoms with Gasteiger partial charge in [-0.1, -0.05) is 24.3 Å². The highest BCUT2D eigenvalue weighted by atomic mass is 19.4. The minimum Gasteiger partial charge on any atom is -0.339 e.